The molecule has 0 bridgehead atoms. The minimum absolute atomic E-state index is 0.468. The maximum Gasteiger partial charge on any atom is 0.0992 e. The van der Waals surface area contributed by atoms with Crippen LogP contribution in [0, 0.1) is 11.3 Å². The summed E-state index contributed by atoms with van der Waals surface area (Å²) >= 11 is 8.04. The van der Waals surface area contributed by atoms with Crippen molar-refractivity contribution in [2.45, 2.75) is 19.4 Å². The summed E-state index contributed by atoms with van der Waals surface area (Å²) in [4.78, 5) is 2.19. The maximum absolute atomic E-state index is 8.81. The van der Waals surface area contributed by atoms with Gasteiger partial charge >= 0.3 is 0 Å². The first-order valence-corrected chi connectivity index (χ1v) is 7.32. The number of hydrogen-bond acceptors (Lipinski definition) is 3. The zero-order chi connectivity index (χ0) is 12.8. The van der Waals surface area contributed by atoms with Crippen LogP contribution < -0.4 is 4.90 Å². The largest absolute Gasteiger partial charge is 0.370 e. The first-order valence-electron chi connectivity index (χ1n) is 5.55. The summed E-state index contributed by atoms with van der Waals surface area (Å²) in [5.74, 6) is 1.07. The molecule has 0 saturated carbocycles. The molecule has 0 aliphatic carbocycles. The summed E-state index contributed by atoms with van der Waals surface area (Å²) < 4.78 is 0. The van der Waals surface area contributed by atoms with E-state index in [0.717, 1.165) is 17.9 Å². The highest BCUT2D eigenvalue weighted by Gasteiger charge is 2.15. The van der Waals surface area contributed by atoms with Crippen molar-refractivity contribution >= 4 is 29.1 Å². The maximum atomic E-state index is 8.81. The van der Waals surface area contributed by atoms with E-state index in [2.05, 4.69) is 31.2 Å². The third-order valence-corrected chi connectivity index (χ3v) is 3.86. The van der Waals surface area contributed by atoms with Gasteiger partial charge in [0.1, 0.15) is 0 Å². The Morgan fingerprint density at radius 1 is 1.53 bits per heavy atom. The molecule has 4 heteroatoms. The first kappa shape index (κ1) is 14.2. The number of anilines is 1. The number of hydrogen-bond donors (Lipinski definition) is 0. The van der Waals surface area contributed by atoms with Crippen molar-refractivity contribution in [2.24, 2.45) is 0 Å². The molecule has 0 saturated heterocycles. The number of benzene rings is 1. The zero-order valence-electron chi connectivity index (χ0n) is 10.4. The molecule has 1 atom stereocenters. The molecular formula is C13H17ClN2S. The van der Waals surface area contributed by atoms with Crippen LogP contribution >= 0.6 is 23.4 Å². The van der Waals surface area contributed by atoms with Crippen LogP contribution in [0.5, 0.6) is 0 Å². The number of halogens is 1. The molecule has 1 rings (SSSR count). The predicted molar refractivity (Wildman–Crippen MR) is 77.0 cm³/mol. The molecule has 0 heterocycles. The molecule has 0 aromatic heterocycles. The summed E-state index contributed by atoms with van der Waals surface area (Å²) in [5, 5.41) is 9.45. The number of rotatable bonds is 5. The van der Waals surface area contributed by atoms with Crippen LogP contribution in [-0.4, -0.2) is 25.1 Å². The molecule has 2 nitrogen and oxygen atoms in total. The number of nitriles is 1. The van der Waals surface area contributed by atoms with Gasteiger partial charge in [-0.15, -0.1) is 0 Å². The lowest BCUT2D eigenvalue weighted by Crippen LogP contribution is -2.33. The van der Waals surface area contributed by atoms with E-state index < -0.39 is 0 Å². The van der Waals surface area contributed by atoms with E-state index in [4.69, 9.17) is 16.9 Å². The molecule has 0 aliphatic rings. The molecule has 0 fully saturated rings. The van der Waals surface area contributed by atoms with Gasteiger partial charge < -0.3 is 4.90 Å². The summed E-state index contributed by atoms with van der Waals surface area (Å²) in [5.41, 5.74) is 1.59. The van der Waals surface area contributed by atoms with Crippen molar-refractivity contribution < 1.29 is 0 Å². The second kappa shape index (κ2) is 6.78. The molecule has 0 N–H and O–H groups in total. The summed E-state index contributed by atoms with van der Waals surface area (Å²) in [6, 6.07) is 8.01. The van der Waals surface area contributed by atoms with E-state index in [9.17, 15) is 0 Å². The zero-order valence-corrected chi connectivity index (χ0v) is 12.0. The van der Waals surface area contributed by atoms with Gasteiger partial charge in [0.2, 0.25) is 0 Å². The Balaban J connectivity index is 2.95. The summed E-state index contributed by atoms with van der Waals surface area (Å²) in [6.07, 6.45) is 3.19. The second-order valence-electron chi connectivity index (χ2n) is 3.91. The fraction of sp³-hybridized carbons (Fsp3) is 0.462. The van der Waals surface area contributed by atoms with Crippen molar-refractivity contribution in [3.63, 3.8) is 0 Å². The molecule has 92 valence electrons. The van der Waals surface area contributed by atoms with Gasteiger partial charge in [-0.25, -0.2) is 0 Å². The fourth-order valence-electron chi connectivity index (χ4n) is 1.76. The Bertz CT molecular complexity index is 414. The minimum atomic E-state index is 0.468. The number of nitrogens with zero attached hydrogens (tertiary/aromatic N) is 2. The monoisotopic (exact) mass is 268 g/mol. The van der Waals surface area contributed by atoms with Gasteiger partial charge in [-0.3, -0.25) is 0 Å². The van der Waals surface area contributed by atoms with Gasteiger partial charge in [0, 0.05) is 18.8 Å². The highest BCUT2D eigenvalue weighted by molar-refractivity contribution is 7.98. The van der Waals surface area contributed by atoms with Crippen LogP contribution in [-0.2, 0) is 0 Å². The van der Waals surface area contributed by atoms with E-state index in [0.29, 0.717) is 16.6 Å². The van der Waals surface area contributed by atoms with Crippen LogP contribution in [0.15, 0.2) is 18.2 Å². The lowest BCUT2D eigenvalue weighted by Gasteiger charge is -2.29. The van der Waals surface area contributed by atoms with Crippen molar-refractivity contribution in [3.05, 3.63) is 28.8 Å². The summed E-state index contributed by atoms with van der Waals surface area (Å²) in [6.45, 7) is 2.18. The van der Waals surface area contributed by atoms with E-state index in [1.807, 2.05) is 23.9 Å². The highest BCUT2D eigenvalue weighted by Crippen LogP contribution is 2.28. The van der Waals surface area contributed by atoms with Crippen LogP contribution in [0.25, 0.3) is 0 Å². The van der Waals surface area contributed by atoms with Gasteiger partial charge in [0.15, 0.2) is 0 Å². The predicted octanol–water partition coefficient (Wildman–Crippen LogP) is 3.79. The molecular weight excluding hydrogens is 252 g/mol. The van der Waals surface area contributed by atoms with Crippen LogP contribution in [0.4, 0.5) is 5.69 Å². The molecule has 1 aromatic rings. The summed E-state index contributed by atoms with van der Waals surface area (Å²) in [7, 11) is 2.05. The van der Waals surface area contributed by atoms with Crippen molar-refractivity contribution in [1.29, 1.82) is 5.26 Å². The Labute approximate surface area is 113 Å². The van der Waals surface area contributed by atoms with Gasteiger partial charge in [-0.2, -0.15) is 17.0 Å². The normalized spacial score (nSPS) is 11.9. The Hall–Kier alpha value is -0.850. The minimum Gasteiger partial charge on any atom is -0.370 e. The second-order valence-corrected chi connectivity index (χ2v) is 5.22. The molecule has 1 aromatic carbocycles. The molecule has 1 unspecified atom stereocenters. The fourth-order valence-corrected chi connectivity index (χ4v) is 2.91. The van der Waals surface area contributed by atoms with E-state index in [1.54, 1.807) is 6.07 Å². The van der Waals surface area contributed by atoms with E-state index in [1.165, 1.54) is 0 Å². The average Bonchev–Trinajstić information content (AvgIpc) is 2.35. The lowest BCUT2D eigenvalue weighted by molar-refractivity contribution is 0.673. The SMILES string of the molecule is CCC(CSC)N(C)c1ccc(C#N)cc1Cl. The van der Waals surface area contributed by atoms with Crippen LogP contribution in [0.3, 0.4) is 0 Å². The smallest absolute Gasteiger partial charge is 0.0992 e. The molecule has 0 amide bonds. The van der Waals surface area contributed by atoms with Crippen molar-refractivity contribution in [3.8, 4) is 6.07 Å². The Morgan fingerprint density at radius 2 is 2.24 bits per heavy atom. The van der Waals surface area contributed by atoms with Crippen LogP contribution in [0.1, 0.15) is 18.9 Å². The molecule has 0 radical (unpaired) electrons. The quantitative estimate of drug-likeness (QED) is 0.813. The Kier molecular flexibility index (Phi) is 5.67. The van der Waals surface area contributed by atoms with Crippen LogP contribution in [0.2, 0.25) is 5.02 Å². The van der Waals surface area contributed by atoms with Gasteiger partial charge in [0.05, 0.1) is 22.3 Å². The number of thioether (sulfide) groups is 1. The topological polar surface area (TPSA) is 27.0 Å². The molecule has 17 heavy (non-hydrogen) atoms. The third kappa shape index (κ3) is 3.55. The van der Waals surface area contributed by atoms with E-state index >= 15 is 0 Å². The molecule has 0 spiro atoms. The van der Waals surface area contributed by atoms with Crippen molar-refractivity contribution in [1.82, 2.24) is 0 Å². The lowest BCUT2D eigenvalue weighted by atomic mass is 10.1. The van der Waals surface area contributed by atoms with E-state index in [-0.39, 0.29) is 0 Å². The standard InChI is InChI=1S/C13H17ClN2S/c1-4-11(9-17-3)16(2)13-6-5-10(8-15)7-12(13)14/h5-7,11H,4,9H2,1-3H3. The van der Waals surface area contributed by atoms with Gasteiger partial charge in [-0.05, 0) is 30.9 Å². The van der Waals surface area contributed by atoms with Gasteiger partial charge in [-0.1, -0.05) is 18.5 Å². The third-order valence-electron chi connectivity index (χ3n) is 2.83. The van der Waals surface area contributed by atoms with Gasteiger partial charge in [0.25, 0.3) is 0 Å². The highest BCUT2D eigenvalue weighted by atomic mass is 35.5. The van der Waals surface area contributed by atoms with Crippen molar-refractivity contribution in [2.75, 3.05) is 24.0 Å². The first-order chi connectivity index (χ1) is 8.13. The average molecular weight is 269 g/mol. The molecule has 0 aliphatic heterocycles. The Morgan fingerprint density at radius 3 is 2.71 bits per heavy atom.